The van der Waals surface area contributed by atoms with Crippen molar-refractivity contribution in [2.75, 3.05) is 20.3 Å². The highest BCUT2D eigenvalue weighted by Crippen LogP contribution is 2.21. The Morgan fingerprint density at radius 3 is 2.52 bits per heavy atom. The Bertz CT molecular complexity index is 800. The summed E-state index contributed by atoms with van der Waals surface area (Å²) in [6, 6.07) is 15.4. The van der Waals surface area contributed by atoms with Gasteiger partial charge in [-0.3, -0.25) is 0 Å². The van der Waals surface area contributed by atoms with Gasteiger partial charge in [0.05, 0.1) is 13.7 Å². The molecule has 1 heterocycles. The molecule has 0 aliphatic rings. The van der Waals surface area contributed by atoms with Crippen molar-refractivity contribution in [3.63, 3.8) is 0 Å². The Hall–Kier alpha value is -2.86. The number of aromatic nitrogens is 2. The Balaban J connectivity index is 1.43. The highest BCUT2D eigenvalue weighted by Gasteiger charge is 2.09. The summed E-state index contributed by atoms with van der Waals surface area (Å²) in [6.07, 6.45) is 0. The summed E-state index contributed by atoms with van der Waals surface area (Å²) in [4.78, 5) is 0. The zero-order chi connectivity index (χ0) is 17.5. The van der Waals surface area contributed by atoms with E-state index in [4.69, 9.17) is 13.9 Å². The molecule has 6 nitrogen and oxygen atoms in total. The van der Waals surface area contributed by atoms with Crippen LogP contribution in [0.4, 0.5) is 0 Å². The van der Waals surface area contributed by atoms with Crippen molar-refractivity contribution in [2.24, 2.45) is 0 Å². The highest BCUT2D eigenvalue weighted by atomic mass is 16.5. The number of nitrogens with zero attached hydrogens (tertiary/aromatic N) is 2. The number of nitrogens with one attached hydrogen (secondary N) is 1. The van der Waals surface area contributed by atoms with Crippen molar-refractivity contribution in [3.05, 3.63) is 60.0 Å². The lowest BCUT2D eigenvalue weighted by Gasteiger charge is -2.07. The van der Waals surface area contributed by atoms with E-state index in [0.29, 0.717) is 31.5 Å². The Morgan fingerprint density at radius 1 is 1.00 bits per heavy atom. The van der Waals surface area contributed by atoms with E-state index in [2.05, 4.69) is 15.5 Å². The molecule has 0 fully saturated rings. The average Bonchev–Trinajstić information content (AvgIpc) is 3.11. The van der Waals surface area contributed by atoms with Gasteiger partial charge in [-0.2, -0.15) is 0 Å². The second-order valence-corrected chi connectivity index (χ2v) is 5.52. The van der Waals surface area contributed by atoms with Crippen LogP contribution in [0, 0.1) is 6.92 Å². The number of hydrogen-bond donors (Lipinski definition) is 1. The molecule has 1 N–H and O–H groups in total. The normalized spacial score (nSPS) is 10.6. The first-order valence-corrected chi connectivity index (χ1v) is 8.12. The Kier molecular flexibility index (Phi) is 5.64. The summed E-state index contributed by atoms with van der Waals surface area (Å²) in [7, 11) is 1.64. The molecule has 6 heteroatoms. The van der Waals surface area contributed by atoms with Crippen LogP contribution in [0.1, 0.15) is 11.5 Å². The fraction of sp³-hybridized carbons (Fsp3) is 0.263. The summed E-state index contributed by atoms with van der Waals surface area (Å²) >= 11 is 0. The van der Waals surface area contributed by atoms with Crippen LogP contribution in [0.3, 0.4) is 0 Å². The largest absolute Gasteiger partial charge is 0.497 e. The lowest BCUT2D eigenvalue weighted by atomic mass is 10.1. The first-order valence-electron chi connectivity index (χ1n) is 8.12. The van der Waals surface area contributed by atoms with Crippen molar-refractivity contribution < 1.29 is 13.9 Å². The van der Waals surface area contributed by atoms with Gasteiger partial charge < -0.3 is 19.2 Å². The molecule has 0 saturated heterocycles. The van der Waals surface area contributed by atoms with E-state index in [0.717, 1.165) is 22.6 Å². The van der Waals surface area contributed by atoms with Gasteiger partial charge in [0.25, 0.3) is 0 Å². The number of rotatable bonds is 8. The van der Waals surface area contributed by atoms with Gasteiger partial charge >= 0.3 is 0 Å². The van der Waals surface area contributed by atoms with Crippen molar-refractivity contribution in [1.82, 2.24) is 15.5 Å². The summed E-state index contributed by atoms with van der Waals surface area (Å²) in [5.74, 6) is 2.72. The summed E-state index contributed by atoms with van der Waals surface area (Å²) < 4.78 is 16.5. The molecule has 1 aromatic heterocycles. The Labute approximate surface area is 146 Å². The Morgan fingerprint density at radius 2 is 1.76 bits per heavy atom. The van der Waals surface area contributed by atoms with E-state index in [9.17, 15) is 0 Å². The third-order valence-corrected chi connectivity index (χ3v) is 3.73. The number of benzene rings is 2. The van der Waals surface area contributed by atoms with E-state index in [1.807, 2.05) is 55.5 Å². The summed E-state index contributed by atoms with van der Waals surface area (Å²) in [6.45, 7) is 3.75. The zero-order valence-corrected chi connectivity index (χ0v) is 14.4. The van der Waals surface area contributed by atoms with Crippen molar-refractivity contribution in [2.45, 2.75) is 13.5 Å². The number of hydrogen-bond acceptors (Lipinski definition) is 6. The van der Waals surface area contributed by atoms with Gasteiger partial charge in [-0.25, -0.2) is 0 Å². The minimum absolute atomic E-state index is 0.505. The third-order valence-electron chi connectivity index (χ3n) is 3.73. The molecule has 0 bridgehead atoms. The average molecular weight is 339 g/mol. The number of methoxy groups -OCH3 is 1. The molecule has 0 aliphatic heterocycles. The smallest absolute Gasteiger partial charge is 0.248 e. The molecule has 3 rings (SSSR count). The third kappa shape index (κ3) is 4.58. The van der Waals surface area contributed by atoms with Gasteiger partial charge in [0.2, 0.25) is 11.8 Å². The minimum atomic E-state index is 0.505. The van der Waals surface area contributed by atoms with Gasteiger partial charge in [0.15, 0.2) is 0 Å². The van der Waals surface area contributed by atoms with Crippen LogP contribution in [0.15, 0.2) is 52.9 Å². The van der Waals surface area contributed by atoms with Crippen LogP contribution in [-0.2, 0) is 6.54 Å². The predicted octanol–water partition coefficient (Wildman–Crippen LogP) is 3.22. The molecular weight excluding hydrogens is 318 g/mol. The van der Waals surface area contributed by atoms with E-state index >= 15 is 0 Å². The lowest BCUT2D eigenvalue weighted by molar-refractivity contribution is 0.309. The fourth-order valence-electron chi connectivity index (χ4n) is 2.36. The van der Waals surface area contributed by atoms with Crippen LogP contribution in [-0.4, -0.2) is 30.5 Å². The van der Waals surface area contributed by atoms with Crippen LogP contribution in [0.25, 0.3) is 11.5 Å². The van der Waals surface area contributed by atoms with Crippen molar-refractivity contribution in [1.29, 1.82) is 0 Å². The van der Waals surface area contributed by atoms with E-state index < -0.39 is 0 Å². The summed E-state index contributed by atoms with van der Waals surface area (Å²) in [5, 5.41) is 11.4. The topological polar surface area (TPSA) is 69.4 Å². The van der Waals surface area contributed by atoms with Crippen molar-refractivity contribution in [3.8, 4) is 23.0 Å². The van der Waals surface area contributed by atoms with Crippen LogP contribution >= 0.6 is 0 Å². The molecular formula is C19H21N3O3. The first kappa shape index (κ1) is 17.0. The van der Waals surface area contributed by atoms with Gasteiger partial charge in [-0.05, 0) is 42.8 Å². The summed E-state index contributed by atoms with van der Waals surface area (Å²) in [5.41, 5.74) is 2.07. The fourth-order valence-corrected chi connectivity index (χ4v) is 2.36. The minimum Gasteiger partial charge on any atom is -0.497 e. The standard InChI is InChI=1S/C19H21N3O3/c1-14-5-3-4-6-17(14)19-22-21-18(25-19)13-20-11-12-24-16-9-7-15(23-2)8-10-16/h3-10,20H,11-13H2,1-2H3. The maximum atomic E-state index is 5.70. The van der Waals surface area contributed by atoms with Gasteiger partial charge in [0, 0.05) is 12.1 Å². The number of ether oxygens (including phenoxy) is 2. The van der Waals surface area contributed by atoms with Gasteiger partial charge in [-0.1, -0.05) is 18.2 Å². The van der Waals surface area contributed by atoms with E-state index in [1.165, 1.54) is 0 Å². The predicted molar refractivity (Wildman–Crippen MR) is 94.7 cm³/mol. The molecule has 0 atom stereocenters. The molecule has 130 valence electrons. The quantitative estimate of drug-likeness (QED) is 0.636. The molecule has 0 saturated carbocycles. The molecule has 0 aliphatic carbocycles. The zero-order valence-electron chi connectivity index (χ0n) is 14.4. The van der Waals surface area contributed by atoms with Crippen LogP contribution in [0.2, 0.25) is 0 Å². The van der Waals surface area contributed by atoms with E-state index in [1.54, 1.807) is 7.11 Å². The van der Waals surface area contributed by atoms with Crippen LogP contribution < -0.4 is 14.8 Å². The molecule has 25 heavy (non-hydrogen) atoms. The van der Waals surface area contributed by atoms with Crippen molar-refractivity contribution >= 4 is 0 Å². The van der Waals surface area contributed by atoms with Crippen LogP contribution in [0.5, 0.6) is 11.5 Å². The van der Waals surface area contributed by atoms with E-state index in [-0.39, 0.29) is 0 Å². The monoisotopic (exact) mass is 339 g/mol. The van der Waals surface area contributed by atoms with Gasteiger partial charge in [-0.15, -0.1) is 10.2 Å². The molecule has 0 radical (unpaired) electrons. The SMILES string of the molecule is COc1ccc(OCCNCc2nnc(-c3ccccc3C)o2)cc1. The second-order valence-electron chi connectivity index (χ2n) is 5.52. The number of aryl methyl sites for hydroxylation is 1. The van der Waals surface area contributed by atoms with Gasteiger partial charge in [0.1, 0.15) is 18.1 Å². The molecule has 0 amide bonds. The maximum absolute atomic E-state index is 5.70. The second kappa shape index (κ2) is 8.30. The molecule has 3 aromatic rings. The molecule has 0 spiro atoms. The highest BCUT2D eigenvalue weighted by molar-refractivity contribution is 5.57. The molecule has 2 aromatic carbocycles. The molecule has 0 unspecified atom stereocenters. The lowest BCUT2D eigenvalue weighted by Crippen LogP contribution is -2.20. The first-order chi connectivity index (χ1) is 12.3. The maximum Gasteiger partial charge on any atom is 0.248 e.